The van der Waals surface area contributed by atoms with E-state index in [1.165, 1.54) is 25.4 Å². The number of hydrogen-bond donors (Lipinski definition) is 0. The third kappa shape index (κ3) is 7.45. The normalized spacial score (nSPS) is 22.1. The summed E-state index contributed by atoms with van der Waals surface area (Å²) in [5.41, 5.74) is 0. The van der Waals surface area contributed by atoms with Crippen molar-refractivity contribution in [3.8, 4) is 0 Å². The van der Waals surface area contributed by atoms with Crippen LogP contribution in [-0.2, 0) is 0 Å². The summed E-state index contributed by atoms with van der Waals surface area (Å²) in [6.07, 6.45) is 5.50. The Morgan fingerprint density at radius 1 is 1.18 bits per heavy atom. The van der Waals surface area contributed by atoms with E-state index >= 15 is 0 Å². The Labute approximate surface area is 116 Å². The topological polar surface area (TPSA) is 0 Å². The molecule has 0 aliphatic heterocycles. The fourth-order valence-electron chi connectivity index (χ4n) is 2.25. The fraction of sp³-hybridized carbons (Fsp3) is 1.00. The van der Waals surface area contributed by atoms with Crippen molar-refractivity contribution >= 4 is 25.8 Å². The molecule has 7 atom stereocenters. The van der Waals surface area contributed by atoms with Crippen molar-refractivity contribution in [2.24, 2.45) is 17.8 Å². The van der Waals surface area contributed by atoms with E-state index in [1.54, 1.807) is 0 Å². The second-order valence-electron chi connectivity index (χ2n) is 5.99. The van der Waals surface area contributed by atoms with Gasteiger partial charge >= 0.3 is 0 Å². The summed E-state index contributed by atoms with van der Waals surface area (Å²) >= 11 is 0. The number of rotatable bonds is 9. The van der Waals surface area contributed by atoms with Gasteiger partial charge in [0.2, 0.25) is 0 Å². The van der Waals surface area contributed by atoms with Crippen molar-refractivity contribution in [3.05, 3.63) is 0 Å². The third-order valence-corrected chi connectivity index (χ3v) is 8.28. The van der Waals surface area contributed by atoms with Crippen molar-refractivity contribution in [3.63, 3.8) is 0 Å². The first-order chi connectivity index (χ1) is 7.85. The van der Waals surface area contributed by atoms with Crippen LogP contribution in [0.15, 0.2) is 0 Å². The highest BCUT2D eigenvalue weighted by molar-refractivity contribution is 8.11. The second-order valence-corrected chi connectivity index (χ2v) is 11.1. The average Bonchev–Trinajstić information content (AvgIpc) is 2.26. The molecule has 0 fully saturated rings. The molecule has 3 heteroatoms. The Balaban J connectivity index is 4.17. The molecule has 0 rings (SSSR count). The van der Waals surface area contributed by atoms with Gasteiger partial charge in [-0.05, 0) is 42.2 Å². The standard InChI is InChI=1S/C14H33P3/c1-7-8-11(2)12(3)9-13(4)14(5,15)10-17-16-6/h11-13,16-17H,7-10,15H2,1-6H3. The van der Waals surface area contributed by atoms with Gasteiger partial charge < -0.3 is 0 Å². The largest absolute Gasteiger partial charge is 0.131 e. The monoisotopic (exact) mass is 294 g/mol. The van der Waals surface area contributed by atoms with E-state index in [-0.39, 0.29) is 0 Å². The van der Waals surface area contributed by atoms with Gasteiger partial charge in [-0.2, -0.15) is 0 Å². The molecule has 0 aromatic rings. The molecular weight excluding hydrogens is 261 g/mol. The molecular formula is C14H33P3. The van der Waals surface area contributed by atoms with Gasteiger partial charge in [0.05, 0.1) is 0 Å². The smallest absolute Gasteiger partial charge is 0.0113 e. The average molecular weight is 294 g/mol. The molecule has 0 spiro atoms. The predicted molar refractivity (Wildman–Crippen MR) is 92.6 cm³/mol. The van der Waals surface area contributed by atoms with Gasteiger partial charge in [-0.25, -0.2) is 0 Å². The van der Waals surface area contributed by atoms with Gasteiger partial charge in [0.25, 0.3) is 0 Å². The molecule has 0 aromatic carbocycles. The van der Waals surface area contributed by atoms with Gasteiger partial charge in [0, 0.05) is 0 Å². The van der Waals surface area contributed by atoms with Gasteiger partial charge in [-0.3, -0.25) is 0 Å². The fourth-order valence-corrected chi connectivity index (χ4v) is 5.89. The maximum absolute atomic E-state index is 3.14. The molecule has 0 aliphatic rings. The van der Waals surface area contributed by atoms with Gasteiger partial charge in [0.1, 0.15) is 0 Å². The zero-order valence-electron chi connectivity index (χ0n) is 12.6. The van der Waals surface area contributed by atoms with Crippen LogP contribution in [0.4, 0.5) is 0 Å². The Morgan fingerprint density at radius 2 is 1.76 bits per heavy atom. The minimum absolute atomic E-state index is 0.460. The van der Waals surface area contributed by atoms with E-state index in [0.29, 0.717) is 5.16 Å². The zero-order valence-corrected chi connectivity index (χ0v) is 15.8. The SMILES string of the molecule is CCCC(C)C(C)CC(C)C(C)(P)CPPC. The molecule has 0 nitrogen and oxygen atoms in total. The van der Waals surface area contributed by atoms with E-state index in [2.05, 4.69) is 50.5 Å². The molecule has 7 unspecified atom stereocenters. The van der Waals surface area contributed by atoms with E-state index < -0.39 is 0 Å². The van der Waals surface area contributed by atoms with Crippen molar-refractivity contribution in [1.82, 2.24) is 0 Å². The van der Waals surface area contributed by atoms with Crippen LogP contribution < -0.4 is 0 Å². The van der Waals surface area contributed by atoms with Crippen LogP contribution in [-0.4, -0.2) is 18.0 Å². The van der Waals surface area contributed by atoms with Crippen LogP contribution >= 0.6 is 25.8 Å². The van der Waals surface area contributed by atoms with Gasteiger partial charge in [0.15, 0.2) is 0 Å². The molecule has 0 saturated heterocycles. The van der Waals surface area contributed by atoms with Crippen LogP contribution in [0.3, 0.4) is 0 Å². The number of hydrogen-bond acceptors (Lipinski definition) is 0. The molecule has 0 aliphatic carbocycles. The molecule has 104 valence electrons. The Bertz CT molecular complexity index is 192. The van der Waals surface area contributed by atoms with Crippen molar-refractivity contribution < 1.29 is 0 Å². The second kappa shape index (κ2) is 9.23. The van der Waals surface area contributed by atoms with E-state index in [4.69, 9.17) is 0 Å². The lowest BCUT2D eigenvalue weighted by Gasteiger charge is -2.34. The van der Waals surface area contributed by atoms with Crippen molar-refractivity contribution in [1.29, 1.82) is 0 Å². The highest BCUT2D eigenvalue weighted by atomic mass is 32.0. The van der Waals surface area contributed by atoms with E-state index in [9.17, 15) is 0 Å². The lowest BCUT2D eigenvalue weighted by atomic mass is 9.81. The van der Waals surface area contributed by atoms with E-state index in [0.717, 1.165) is 34.3 Å². The molecule has 0 bridgehead atoms. The quantitative estimate of drug-likeness (QED) is 0.484. The maximum atomic E-state index is 3.14. The summed E-state index contributed by atoms with van der Waals surface area (Å²) in [5.74, 6) is 2.58. The van der Waals surface area contributed by atoms with Gasteiger partial charge in [-0.1, -0.05) is 55.7 Å². The third-order valence-electron chi connectivity index (χ3n) is 4.21. The van der Waals surface area contributed by atoms with Crippen LogP contribution in [0.25, 0.3) is 0 Å². The summed E-state index contributed by atoms with van der Waals surface area (Å²) in [5, 5.41) is 0.460. The first-order valence-corrected chi connectivity index (χ1v) is 11.3. The van der Waals surface area contributed by atoms with Crippen LogP contribution in [0.1, 0.15) is 53.9 Å². The molecule has 0 radical (unpaired) electrons. The van der Waals surface area contributed by atoms with Crippen molar-refractivity contribution in [2.45, 2.75) is 59.0 Å². The summed E-state index contributed by atoms with van der Waals surface area (Å²) < 4.78 is 0. The van der Waals surface area contributed by atoms with E-state index in [1.807, 2.05) is 0 Å². The highest BCUT2D eigenvalue weighted by Crippen LogP contribution is 2.44. The summed E-state index contributed by atoms with van der Waals surface area (Å²) in [6.45, 7) is 14.4. The Kier molecular flexibility index (Phi) is 9.94. The molecule has 0 amide bonds. The van der Waals surface area contributed by atoms with Crippen LogP contribution in [0, 0.1) is 17.8 Å². The lowest BCUT2D eigenvalue weighted by molar-refractivity contribution is 0.276. The Hall–Kier alpha value is 1.29. The molecule has 0 aromatic heterocycles. The minimum Gasteiger partial charge on any atom is -0.131 e. The highest BCUT2D eigenvalue weighted by Gasteiger charge is 2.27. The summed E-state index contributed by atoms with van der Waals surface area (Å²) in [7, 11) is 5.43. The maximum Gasteiger partial charge on any atom is -0.0113 e. The first kappa shape index (κ1) is 18.3. The summed E-state index contributed by atoms with van der Waals surface area (Å²) in [6, 6.07) is 0. The zero-order chi connectivity index (χ0) is 13.5. The Morgan fingerprint density at radius 3 is 2.24 bits per heavy atom. The van der Waals surface area contributed by atoms with Crippen LogP contribution in [0.5, 0.6) is 0 Å². The molecule has 0 heterocycles. The first-order valence-electron chi connectivity index (χ1n) is 7.03. The van der Waals surface area contributed by atoms with Crippen LogP contribution in [0.2, 0.25) is 0 Å². The summed E-state index contributed by atoms with van der Waals surface area (Å²) in [4.78, 5) is 0. The lowest BCUT2D eigenvalue weighted by Crippen LogP contribution is -2.30. The predicted octanol–water partition coefficient (Wildman–Crippen LogP) is 5.62. The molecule has 0 saturated carbocycles. The molecule has 0 N–H and O–H groups in total. The molecule has 17 heavy (non-hydrogen) atoms. The van der Waals surface area contributed by atoms with Crippen molar-refractivity contribution in [2.75, 3.05) is 12.8 Å². The minimum atomic E-state index is 0.460. The van der Waals surface area contributed by atoms with Gasteiger partial charge in [-0.15, -0.1) is 17.5 Å².